The SMILES string of the molecule is CN1CCCCC1COc1cc(CNC2CC2)ccn1. The molecule has 1 atom stereocenters. The fourth-order valence-corrected chi connectivity index (χ4v) is 2.73. The summed E-state index contributed by atoms with van der Waals surface area (Å²) in [7, 11) is 2.19. The molecule has 110 valence electrons. The Morgan fingerprint density at radius 3 is 3.05 bits per heavy atom. The number of likely N-dealkylation sites (N-methyl/N-ethyl adjacent to an activating group) is 1. The van der Waals surface area contributed by atoms with Crippen molar-refractivity contribution >= 4 is 0 Å². The summed E-state index contributed by atoms with van der Waals surface area (Å²) in [6.45, 7) is 2.86. The summed E-state index contributed by atoms with van der Waals surface area (Å²) in [5, 5.41) is 3.52. The van der Waals surface area contributed by atoms with Gasteiger partial charge in [0.1, 0.15) is 6.61 Å². The number of nitrogens with zero attached hydrogens (tertiary/aromatic N) is 2. The number of hydrogen-bond donors (Lipinski definition) is 1. The van der Waals surface area contributed by atoms with E-state index >= 15 is 0 Å². The van der Waals surface area contributed by atoms with Crippen molar-refractivity contribution in [3.63, 3.8) is 0 Å². The molecule has 0 radical (unpaired) electrons. The maximum Gasteiger partial charge on any atom is 0.213 e. The molecule has 1 N–H and O–H groups in total. The van der Waals surface area contributed by atoms with Crippen molar-refractivity contribution in [1.29, 1.82) is 0 Å². The molecule has 0 bridgehead atoms. The first-order chi connectivity index (χ1) is 9.81. The lowest BCUT2D eigenvalue weighted by Crippen LogP contribution is -2.40. The van der Waals surface area contributed by atoms with E-state index in [1.807, 2.05) is 6.20 Å². The molecule has 1 aliphatic carbocycles. The maximum absolute atomic E-state index is 5.90. The maximum atomic E-state index is 5.90. The lowest BCUT2D eigenvalue weighted by Gasteiger charge is -2.31. The molecule has 1 aromatic heterocycles. The fraction of sp³-hybridized carbons (Fsp3) is 0.688. The minimum atomic E-state index is 0.541. The zero-order valence-electron chi connectivity index (χ0n) is 12.3. The normalized spacial score (nSPS) is 23.8. The molecule has 1 saturated heterocycles. The Morgan fingerprint density at radius 1 is 1.35 bits per heavy atom. The zero-order chi connectivity index (χ0) is 13.8. The van der Waals surface area contributed by atoms with E-state index in [-0.39, 0.29) is 0 Å². The summed E-state index contributed by atoms with van der Waals surface area (Å²) in [5.41, 5.74) is 1.26. The summed E-state index contributed by atoms with van der Waals surface area (Å²) in [4.78, 5) is 6.73. The molecule has 1 aliphatic heterocycles. The van der Waals surface area contributed by atoms with Gasteiger partial charge in [-0.3, -0.25) is 0 Å². The molecule has 1 unspecified atom stereocenters. The first-order valence-electron chi connectivity index (χ1n) is 7.82. The molecule has 2 aliphatic rings. The van der Waals surface area contributed by atoms with E-state index in [1.165, 1.54) is 44.2 Å². The van der Waals surface area contributed by atoms with Gasteiger partial charge in [-0.2, -0.15) is 0 Å². The number of aromatic nitrogens is 1. The number of hydrogen-bond acceptors (Lipinski definition) is 4. The lowest BCUT2D eigenvalue weighted by molar-refractivity contribution is 0.122. The average molecular weight is 275 g/mol. The summed E-state index contributed by atoms with van der Waals surface area (Å²) in [5.74, 6) is 0.763. The second-order valence-electron chi connectivity index (χ2n) is 6.10. The Labute approximate surface area is 121 Å². The predicted molar refractivity (Wildman–Crippen MR) is 79.9 cm³/mol. The van der Waals surface area contributed by atoms with Crippen LogP contribution in [0.4, 0.5) is 0 Å². The van der Waals surface area contributed by atoms with Crippen LogP contribution in [0.1, 0.15) is 37.7 Å². The number of rotatable bonds is 6. The van der Waals surface area contributed by atoms with Gasteiger partial charge in [0.25, 0.3) is 0 Å². The Bertz CT molecular complexity index is 433. The predicted octanol–water partition coefficient (Wildman–Crippen LogP) is 2.20. The Morgan fingerprint density at radius 2 is 2.25 bits per heavy atom. The van der Waals surface area contributed by atoms with Gasteiger partial charge in [0.15, 0.2) is 0 Å². The van der Waals surface area contributed by atoms with Gasteiger partial charge in [0.05, 0.1) is 0 Å². The highest BCUT2D eigenvalue weighted by Gasteiger charge is 2.21. The monoisotopic (exact) mass is 275 g/mol. The van der Waals surface area contributed by atoms with Crippen molar-refractivity contribution in [2.24, 2.45) is 0 Å². The van der Waals surface area contributed by atoms with E-state index in [4.69, 9.17) is 4.74 Å². The standard InChI is InChI=1S/C16H25N3O/c1-19-9-3-2-4-15(19)12-20-16-10-13(7-8-17-16)11-18-14-5-6-14/h7-8,10,14-15,18H,2-6,9,11-12H2,1H3. The molecule has 4 nitrogen and oxygen atoms in total. The molecule has 4 heteroatoms. The van der Waals surface area contributed by atoms with Crippen LogP contribution in [-0.4, -0.2) is 42.2 Å². The Kier molecular flexibility index (Phi) is 4.53. The summed E-state index contributed by atoms with van der Waals surface area (Å²) >= 11 is 0. The molecule has 2 fully saturated rings. The minimum Gasteiger partial charge on any atom is -0.476 e. The highest BCUT2D eigenvalue weighted by atomic mass is 16.5. The van der Waals surface area contributed by atoms with Crippen LogP contribution < -0.4 is 10.1 Å². The largest absolute Gasteiger partial charge is 0.476 e. The molecular formula is C16H25N3O. The van der Waals surface area contributed by atoms with E-state index in [0.29, 0.717) is 6.04 Å². The van der Waals surface area contributed by atoms with Crippen LogP contribution in [0.25, 0.3) is 0 Å². The zero-order valence-corrected chi connectivity index (χ0v) is 12.3. The van der Waals surface area contributed by atoms with Gasteiger partial charge in [-0.25, -0.2) is 4.98 Å². The van der Waals surface area contributed by atoms with Crippen molar-refractivity contribution in [2.75, 3.05) is 20.2 Å². The topological polar surface area (TPSA) is 37.4 Å². The highest BCUT2D eigenvalue weighted by molar-refractivity contribution is 5.20. The van der Waals surface area contributed by atoms with Crippen LogP contribution in [0.5, 0.6) is 5.88 Å². The summed E-state index contributed by atoms with van der Waals surface area (Å²) in [6, 6.07) is 5.41. The molecule has 0 spiro atoms. The molecule has 0 amide bonds. The van der Waals surface area contributed by atoms with E-state index in [9.17, 15) is 0 Å². The molecule has 0 aromatic carbocycles. The number of likely N-dealkylation sites (tertiary alicyclic amines) is 1. The van der Waals surface area contributed by atoms with E-state index in [2.05, 4.69) is 34.4 Å². The number of pyridine rings is 1. The van der Waals surface area contributed by atoms with Gasteiger partial charge in [-0.15, -0.1) is 0 Å². The lowest BCUT2D eigenvalue weighted by atomic mass is 10.0. The smallest absolute Gasteiger partial charge is 0.213 e. The first kappa shape index (κ1) is 13.8. The molecule has 1 saturated carbocycles. The third-order valence-corrected chi connectivity index (χ3v) is 4.32. The van der Waals surface area contributed by atoms with Gasteiger partial charge >= 0.3 is 0 Å². The number of ether oxygens (including phenoxy) is 1. The van der Waals surface area contributed by atoms with Crippen LogP contribution >= 0.6 is 0 Å². The molecule has 20 heavy (non-hydrogen) atoms. The van der Waals surface area contributed by atoms with E-state index < -0.39 is 0 Å². The van der Waals surface area contributed by atoms with Crippen molar-refractivity contribution < 1.29 is 4.74 Å². The quantitative estimate of drug-likeness (QED) is 0.863. The van der Waals surface area contributed by atoms with Crippen molar-refractivity contribution in [3.05, 3.63) is 23.9 Å². The Balaban J connectivity index is 1.49. The molecule has 2 heterocycles. The number of piperidine rings is 1. The fourth-order valence-electron chi connectivity index (χ4n) is 2.73. The first-order valence-corrected chi connectivity index (χ1v) is 7.82. The minimum absolute atomic E-state index is 0.541. The summed E-state index contributed by atoms with van der Waals surface area (Å²) in [6.07, 6.45) is 8.36. The van der Waals surface area contributed by atoms with Crippen molar-refractivity contribution in [2.45, 2.75) is 50.7 Å². The summed E-state index contributed by atoms with van der Waals surface area (Å²) < 4.78 is 5.90. The average Bonchev–Trinajstić information content (AvgIpc) is 3.29. The van der Waals surface area contributed by atoms with Crippen molar-refractivity contribution in [1.82, 2.24) is 15.2 Å². The van der Waals surface area contributed by atoms with E-state index in [1.54, 1.807) is 0 Å². The van der Waals surface area contributed by atoms with Gasteiger partial charge in [0.2, 0.25) is 5.88 Å². The van der Waals surface area contributed by atoms with Gasteiger partial charge in [0, 0.05) is 30.9 Å². The van der Waals surface area contributed by atoms with Crippen LogP contribution in [0, 0.1) is 0 Å². The van der Waals surface area contributed by atoms with Crippen molar-refractivity contribution in [3.8, 4) is 5.88 Å². The van der Waals surface area contributed by atoms with Crippen LogP contribution in [0.3, 0.4) is 0 Å². The van der Waals surface area contributed by atoms with Gasteiger partial charge in [-0.1, -0.05) is 6.42 Å². The third-order valence-electron chi connectivity index (χ3n) is 4.32. The molecule has 1 aromatic rings. The second-order valence-corrected chi connectivity index (χ2v) is 6.10. The van der Waals surface area contributed by atoms with Gasteiger partial charge in [-0.05, 0) is 50.9 Å². The molecule has 3 rings (SSSR count). The van der Waals surface area contributed by atoms with Crippen LogP contribution in [-0.2, 0) is 6.54 Å². The number of nitrogens with one attached hydrogen (secondary N) is 1. The second kappa shape index (κ2) is 6.55. The highest BCUT2D eigenvalue weighted by Crippen LogP contribution is 2.20. The van der Waals surface area contributed by atoms with Crippen LogP contribution in [0.15, 0.2) is 18.3 Å². The molecular weight excluding hydrogens is 250 g/mol. The third kappa shape index (κ3) is 3.93. The van der Waals surface area contributed by atoms with E-state index in [0.717, 1.165) is 25.1 Å². The Hall–Kier alpha value is -1.13. The van der Waals surface area contributed by atoms with Crippen LogP contribution in [0.2, 0.25) is 0 Å². The van der Waals surface area contributed by atoms with Gasteiger partial charge < -0.3 is 15.0 Å².